The highest BCUT2D eigenvalue weighted by Gasteiger charge is 2.21. The molecule has 3 aromatic rings. The normalized spacial score (nSPS) is 16.1. The summed E-state index contributed by atoms with van der Waals surface area (Å²) in [5, 5.41) is 12.7. The third-order valence-electron chi connectivity index (χ3n) is 4.11. The van der Waals surface area contributed by atoms with Gasteiger partial charge in [-0.25, -0.2) is 0 Å². The Balaban J connectivity index is 1.43. The molecule has 6 heteroatoms. The molecule has 1 N–H and O–H groups in total. The van der Waals surface area contributed by atoms with Gasteiger partial charge < -0.3 is 9.64 Å². The van der Waals surface area contributed by atoms with E-state index in [9.17, 15) is 0 Å². The summed E-state index contributed by atoms with van der Waals surface area (Å²) in [5.74, 6) is 0.580. The quantitative estimate of drug-likeness (QED) is 0.803. The van der Waals surface area contributed by atoms with Gasteiger partial charge in [-0.3, -0.25) is 4.98 Å². The highest BCUT2D eigenvalue weighted by Crippen LogP contribution is 2.25. The molecule has 112 valence electrons. The summed E-state index contributed by atoms with van der Waals surface area (Å²) in [6.45, 7) is 1.97. The number of nitrogens with one attached hydrogen (secondary N) is 1. The minimum atomic E-state index is 0.214. The molecular formula is C16H17N5O. The van der Waals surface area contributed by atoms with Crippen LogP contribution in [0.15, 0.2) is 42.9 Å². The first kappa shape index (κ1) is 13.1. The van der Waals surface area contributed by atoms with E-state index < -0.39 is 0 Å². The number of pyridine rings is 1. The molecule has 2 aromatic heterocycles. The first-order valence-electron chi connectivity index (χ1n) is 7.50. The maximum absolute atomic E-state index is 5.81. The van der Waals surface area contributed by atoms with Gasteiger partial charge >= 0.3 is 0 Å². The first-order valence-corrected chi connectivity index (χ1v) is 7.50. The van der Waals surface area contributed by atoms with E-state index in [0.717, 1.165) is 25.9 Å². The molecule has 0 bridgehead atoms. The minimum absolute atomic E-state index is 0.214. The number of ether oxygens (including phenoxy) is 1. The third kappa shape index (κ3) is 2.59. The third-order valence-corrected chi connectivity index (χ3v) is 4.11. The number of aromatic nitrogens is 4. The number of benzene rings is 1. The maximum Gasteiger partial charge on any atom is 0.253 e. The molecule has 4 rings (SSSR count). The van der Waals surface area contributed by atoms with Gasteiger partial charge in [0.05, 0.1) is 0 Å². The predicted molar refractivity (Wildman–Crippen MR) is 84.0 cm³/mol. The number of hydrogen-bond acceptors (Lipinski definition) is 5. The van der Waals surface area contributed by atoms with Crippen LogP contribution in [0.5, 0.6) is 5.88 Å². The van der Waals surface area contributed by atoms with E-state index in [1.54, 1.807) is 6.20 Å². The van der Waals surface area contributed by atoms with E-state index in [1.165, 1.54) is 16.5 Å². The molecule has 1 fully saturated rings. The van der Waals surface area contributed by atoms with Crippen molar-refractivity contribution in [3.05, 3.63) is 42.9 Å². The number of fused-ring (bicyclic) bond motifs is 1. The van der Waals surface area contributed by atoms with Gasteiger partial charge in [0.15, 0.2) is 0 Å². The lowest BCUT2D eigenvalue weighted by Crippen LogP contribution is -2.38. The van der Waals surface area contributed by atoms with Crippen LogP contribution in [-0.4, -0.2) is 39.6 Å². The average Bonchev–Trinajstić information content (AvgIpc) is 3.08. The molecule has 1 saturated heterocycles. The number of anilines is 1. The van der Waals surface area contributed by atoms with Crippen molar-refractivity contribution in [1.29, 1.82) is 0 Å². The topological polar surface area (TPSA) is 66.9 Å². The van der Waals surface area contributed by atoms with Crippen LogP contribution in [0.3, 0.4) is 0 Å². The van der Waals surface area contributed by atoms with Gasteiger partial charge in [-0.2, -0.15) is 10.3 Å². The van der Waals surface area contributed by atoms with Crippen molar-refractivity contribution in [2.75, 3.05) is 18.0 Å². The smallest absolute Gasteiger partial charge is 0.253 e. The fraction of sp³-hybridized carbons (Fsp3) is 0.312. The summed E-state index contributed by atoms with van der Waals surface area (Å²) < 4.78 is 5.81. The zero-order chi connectivity index (χ0) is 14.8. The van der Waals surface area contributed by atoms with E-state index in [2.05, 4.69) is 49.6 Å². The Morgan fingerprint density at radius 1 is 1.09 bits per heavy atom. The molecule has 0 unspecified atom stereocenters. The van der Waals surface area contributed by atoms with Crippen molar-refractivity contribution < 1.29 is 4.74 Å². The summed E-state index contributed by atoms with van der Waals surface area (Å²) in [7, 11) is 0. The average molecular weight is 295 g/mol. The van der Waals surface area contributed by atoms with Crippen LogP contribution in [-0.2, 0) is 0 Å². The number of rotatable bonds is 3. The molecule has 0 spiro atoms. The van der Waals surface area contributed by atoms with Crippen LogP contribution in [0.1, 0.15) is 12.8 Å². The lowest BCUT2D eigenvalue weighted by molar-refractivity contribution is 0.164. The molecular weight excluding hydrogens is 278 g/mol. The standard InChI is InChI=1S/C16H17N5O/c1-2-14(9-12-3-6-17-10-13(1)12)21-7-4-15(5-8-21)22-16-11-18-20-19-16/h1-3,6,9-11,15H,4-5,7-8H2,(H,18,19,20). The summed E-state index contributed by atoms with van der Waals surface area (Å²) in [6.07, 6.45) is 7.54. The fourth-order valence-electron chi connectivity index (χ4n) is 2.92. The van der Waals surface area contributed by atoms with Crippen LogP contribution in [0.4, 0.5) is 5.69 Å². The molecule has 1 aromatic carbocycles. The Hall–Kier alpha value is -2.63. The number of nitrogens with zero attached hydrogens (tertiary/aromatic N) is 4. The van der Waals surface area contributed by atoms with E-state index in [-0.39, 0.29) is 6.10 Å². The van der Waals surface area contributed by atoms with E-state index in [1.807, 2.05) is 12.4 Å². The van der Waals surface area contributed by atoms with Crippen molar-refractivity contribution >= 4 is 16.5 Å². The second-order valence-corrected chi connectivity index (χ2v) is 5.52. The molecule has 22 heavy (non-hydrogen) atoms. The summed E-state index contributed by atoms with van der Waals surface area (Å²) >= 11 is 0. The van der Waals surface area contributed by atoms with Crippen molar-refractivity contribution in [1.82, 2.24) is 20.4 Å². The van der Waals surface area contributed by atoms with Gasteiger partial charge in [-0.05, 0) is 23.6 Å². The second kappa shape index (κ2) is 5.63. The molecule has 3 heterocycles. The zero-order valence-corrected chi connectivity index (χ0v) is 12.1. The molecule has 0 aliphatic carbocycles. The Morgan fingerprint density at radius 2 is 2.00 bits per heavy atom. The van der Waals surface area contributed by atoms with Crippen molar-refractivity contribution in [3.63, 3.8) is 0 Å². The largest absolute Gasteiger partial charge is 0.472 e. The molecule has 0 radical (unpaired) electrons. The number of hydrogen-bond donors (Lipinski definition) is 1. The lowest BCUT2D eigenvalue weighted by atomic mass is 10.1. The highest BCUT2D eigenvalue weighted by molar-refractivity contribution is 5.85. The molecule has 0 amide bonds. The Labute approximate surface area is 128 Å². The van der Waals surface area contributed by atoms with Crippen molar-refractivity contribution in [3.8, 4) is 5.88 Å². The van der Waals surface area contributed by atoms with Gasteiger partial charge in [0.25, 0.3) is 5.88 Å². The Morgan fingerprint density at radius 3 is 2.82 bits per heavy atom. The fourth-order valence-corrected chi connectivity index (χ4v) is 2.92. The molecule has 0 atom stereocenters. The predicted octanol–water partition coefficient (Wildman–Crippen LogP) is 2.40. The van der Waals surface area contributed by atoms with Crippen LogP contribution >= 0.6 is 0 Å². The van der Waals surface area contributed by atoms with Crippen molar-refractivity contribution in [2.45, 2.75) is 18.9 Å². The number of H-pyrrole nitrogens is 1. The Bertz CT molecular complexity index is 750. The minimum Gasteiger partial charge on any atom is -0.472 e. The van der Waals surface area contributed by atoms with Gasteiger partial charge in [0.2, 0.25) is 0 Å². The summed E-state index contributed by atoms with van der Waals surface area (Å²) in [6, 6.07) is 8.59. The zero-order valence-electron chi connectivity index (χ0n) is 12.1. The monoisotopic (exact) mass is 295 g/mol. The van der Waals surface area contributed by atoms with Gasteiger partial charge in [0, 0.05) is 49.4 Å². The molecule has 0 saturated carbocycles. The summed E-state index contributed by atoms with van der Waals surface area (Å²) in [5.41, 5.74) is 1.26. The highest BCUT2D eigenvalue weighted by atomic mass is 16.5. The maximum atomic E-state index is 5.81. The second-order valence-electron chi connectivity index (χ2n) is 5.52. The van der Waals surface area contributed by atoms with Crippen molar-refractivity contribution in [2.24, 2.45) is 0 Å². The molecule has 1 aliphatic rings. The van der Waals surface area contributed by atoms with Gasteiger partial charge in [-0.15, -0.1) is 5.10 Å². The Kier molecular flexibility index (Phi) is 3.34. The molecule has 6 nitrogen and oxygen atoms in total. The first-order chi connectivity index (χ1) is 10.9. The van der Waals surface area contributed by atoms with E-state index in [4.69, 9.17) is 4.74 Å². The van der Waals surface area contributed by atoms with Crippen LogP contribution < -0.4 is 9.64 Å². The van der Waals surface area contributed by atoms with Gasteiger partial charge in [-0.1, -0.05) is 6.07 Å². The lowest BCUT2D eigenvalue weighted by Gasteiger charge is -2.33. The van der Waals surface area contributed by atoms with Gasteiger partial charge in [0.1, 0.15) is 12.3 Å². The van der Waals surface area contributed by atoms with E-state index in [0.29, 0.717) is 5.88 Å². The van der Waals surface area contributed by atoms with Crippen LogP contribution in [0, 0.1) is 0 Å². The van der Waals surface area contributed by atoms with E-state index >= 15 is 0 Å². The van der Waals surface area contributed by atoms with Crippen LogP contribution in [0.25, 0.3) is 10.8 Å². The number of aromatic amines is 1. The summed E-state index contributed by atoms with van der Waals surface area (Å²) in [4.78, 5) is 6.56. The molecule has 1 aliphatic heterocycles. The SMILES string of the molecule is c1cc2cc(N3CCC(Oc4cn[nH]n4)CC3)ccc2cn1. The number of piperidine rings is 1. The van der Waals surface area contributed by atoms with Crippen LogP contribution in [0.2, 0.25) is 0 Å².